The highest BCUT2D eigenvalue weighted by molar-refractivity contribution is 7.98. The summed E-state index contributed by atoms with van der Waals surface area (Å²) in [5.74, 6) is -0.647. The first-order valence-corrected chi connectivity index (χ1v) is 11.9. The number of anilines is 2. The van der Waals surface area contributed by atoms with Gasteiger partial charge in [-0.3, -0.25) is 9.10 Å². The molecule has 0 heterocycles. The molecule has 1 N–H and O–H groups in total. The van der Waals surface area contributed by atoms with Crippen LogP contribution in [0.3, 0.4) is 0 Å². The number of nitrogens with one attached hydrogen (secondary N) is 1. The first kappa shape index (κ1) is 22.6. The summed E-state index contributed by atoms with van der Waals surface area (Å²) in [6.45, 7) is -0.534. The Kier molecular flexibility index (Phi) is 7.19. The van der Waals surface area contributed by atoms with Crippen LogP contribution < -0.4 is 14.4 Å². The molecule has 0 aromatic heterocycles. The van der Waals surface area contributed by atoms with Gasteiger partial charge in [0, 0.05) is 16.6 Å². The Hall–Kier alpha value is -3.04. The third kappa shape index (κ3) is 5.56. The number of carbonyl (C=O) groups excluding carboxylic acids is 1. The molecular weight excluding hydrogens is 439 g/mol. The fraction of sp³-hybridized carbons (Fsp3) is 0.136. The summed E-state index contributed by atoms with van der Waals surface area (Å²) in [5, 5.41) is 2.65. The lowest BCUT2D eigenvalue weighted by molar-refractivity contribution is -0.114. The molecule has 3 rings (SSSR count). The number of ether oxygens (including phenoxy) is 1. The average Bonchev–Trinajstić information content (AvgIpc) is 2.77. The minimum absolute atomic E-state index is 0.00346. The Morgan fingerprint density at radius 3 is 2.42 bits per heavy atom. The van der Waals surface area contributed by atoms with E-state index in [1.54, 1.807) is 36.4 Å². The summed E-state index contributed by atoms with van der Waals surface area (Å²) in [6.07, 6.45) is 1.88. The summed E-state index contributed by atoms with van der Waals surface area (Å²) < 4.78 is 46.5. The molecule has 0 aliphatic heterocycles. The maximum atomic E-state index is 13.8. The zero-order valence-electron chi connectivity index (χ0n) is 16.9. The van der Waals surface area contributed by atoms with Crippen LogP contribution in [0, 0.1) is 5.82 Å². The minimum Gasteiger partial charge on any atom is -0.497 e. The number of nitrogens with zero attached hydrogens (tertiary/aromatic N) is 1. The van der Waals surface area contributed by atoms with Crippen LogP contribution in [0.5, 0.6) is 5.75 Å². The number of thioether (sulfide) groups is 1. The van der Waals surface area contributed by atoms with Crippen LogP contribution >= 0.6 is 11.8 Å². The van der Waals surface area contributed by atoms with Crippen LogP contribution in [-0.2, 0) is 14.8 Å². The summed E-state index contributed by atoms with van der Waals surface area (Å²) >= 11 is 1.48. The zero-order valence-corrected chi connectivity index (χ0v) is 18.5. The summed E-state index contributed by atoms with van der Waals surface area (Å²) in [5.41, 5.74) is 0.500. The molecule has 6 nitrogen and oxygen atoms in total. The lowest BCUT2D eigenvalue weighted by Gasteiger charge is -2.24. The molecule has 31 heavy (non-hydrogen) atoms. The summed E-state index contributed by atoms with van der Waals surface area (Å²) in [7, 11) is -2.62. The Morgan fingerprint density at radius 1 is 1.06 bits per heavy atom. The molecule has 0 saturated heterocycles. The molecule has 3 aromatic carbocycles. The molecule has 0 unspecified atom stereocenters. The van der Waals surface area contributed by atoms with Gasteiger partial charge in [0.1, 0.15) is 18.1 Å². The van der Waals surface area contributed by atoms with Gasteiger partial charge in [-0.1, -0.05) is 12.1 Å². The Morgan fingerprint density at radius 2 is 1.77 bits per heavy atom. The Balaban J connectivity index is 1.93. The van der Waals surface area contributed by atoms with Gasteiger partial charge in [-0.25, -0.2) is 12.8 Å². The molecule has 0 atom stereocenters. The summed E-state index contributed by atoms with van der Waals surface area (Å²) in [4.78, 5) is 13.6. The number of halogens is 1. The molecule has 1 amide bonds. The van der Waals surface area contributed by atoms with E-state index in [1.165, 1.54) is 49.2 Å². The van der Waals surface area contributed by atoms with Gasteiger partial charge in [-0.2, -0.15) is 0 Å². The smallest absolute Gasteiger partial charge is 0.264 e. The molecular formula is C22H21FN2O4S2. The number of methoxy groups -OCH3 is 1. The highest BCUT2D eigenvalue weighted by Gasteiger charge is 2.27. The zero-order chi connectivity index (χ0) is 22.4. The van der Waals surface area contributed by atoms with Crippen LogP contribution in [0.2, 0.25) is 0 Å². The van der Waals surface area contributed by atoms with E-state index in [0.29, 0.717) is 11.4 Å². The van der Waals surface area contributed by atoms with Gasteiger partial charge in [0.15, 0.2) is 0 Å². The molecule has 0 saturated carbocycles. The summed E-state index contributed by atoms with van der Waals surface area (Å²) in [6, 6.07) is 18.1. The molecule has 0 fully saturated rings. The number of sulfonamides is 1. The molecule has 0 aliphatic carbocycles. The van der Waals surface area contributed by atoms with Crippen molar-refractivity contribution in [2.45, 2.75) is 9.79 Å². The quantitative estimate of drug-likeness (QED) is 0.505. The molecule has 0 aliphatic rings. The van der Waals surface area contributed by atoms with E-state index < -0.39 is 28.3 Å². The lowest BCUT2D eigenvalue weighted by atomic mass is 10.3. The van der Waals surface area contributed by atoms with Gasteiger partial charge in [0.25, 0.3) is 10.0 Å². The van der Waals surface area contributed by atoms with Crippen molar-refractivity contribution in [1.82, 2.24) is 0 Å². The molecule has 3 aromatic rings. The van der Waals surface area contributed by atoms with Crippen molar-refractivity contribution in [2.24, 2.45) is 0 Å². The topological polar surface area (TPSA) is 75.7 Å². The van der Waals surface area contributed by atoms with Crippen molar-refractivity contribution in [3.63, 3.8) is 0 Å². The van der Waals surface area contributed by atoms with Gasteiger partial charge >= 0.3 is 0 Å². The van der Waals surface area contributed by atoms with E-state index in [4.69, 9.17) is 4.74 Å². The highest BCUT2D eigenvalue weighted by atomic mass is 32.2. The monoisotopic (exact) mass is 460 g/mol. The van der Waals surface area contributed by atoms with Crippen LogP contribution in [0.25, 0.3) is 0 Å². The van der Waals surface area contributed by atoms with Crippen molar-refractivity contribution in [2.75, 3.05) is 29.5 Å². The van der Waals surface area contributed by atoms with Gasteiger partial charge in [0.05, 0.1) is 17.7 Å². The first-order chi connectivity index (χ1) is 14.8. The molecule has 0 radical (unpaired) electrons. The first-order valence-electron chi connectivity index (χ1n) is 9.20. The van der Waals surface area contributed by atoms with E-state index in [9.17, 15) is 17.6 Å². The highest BCUT2D eigenvalue weighted by Crippen LogP contribution is 2.26. The molecule has 9 heteroatoms. The third-order valence-corrected chi connectivity index (χ3v) is 6.92. The Bertz CT molecular complexity index is 1170. The maximum Gasteiger partial charge on any atom is 0.264 e. The molecule has 162 valence electrons. The standard InChI is InChI=1S/C22H21FN2O4S2/c1-29-19-8-4-6-17(14-19)24-22(26)15-25(18-7-3-5-16(23)13-18)31(27,28)21-11-9-20(30-2)10-12-21/h3-14H,15H2,1-2H3,(H,24,26). The van der Waals surface area contributed by atoms with Crippen molar-refractivity contribution in [3.8, 4) is 5.75 Å². The normalized spacial score (nSPS) is 11.1. The predicted octanol–water partition coefficient (Wildman–Crippen LogP) is 4.39. The molecule has 0 spiro atoms. The number of rotatable bonds is 8. The largest absolute Gasteiger partial charge is 0.497 e. The van der Waals surface area contributed by atoms with Crippen LogP contribution in [0.1, 0.15) is 0 Å². The average molecular weight is 461 g/mol. The lowest BCUT2D eigenvalue weighted by Crippen LogP contribution is -2.38. The van der Waals surface area contributed by atoms with Gasteiger partial charge in [-0.05, 0) is 60.9 Å². The molecule has 0 bridgehead atoms. The minimum atomic E-state index is -4.12. The Labute approximate surface area is 185 Å². The van der Waals surface area contributed by atoms with Gasteiger partial charge < -0.3 is 10.1 Å². The van der Waals surface area contributed by atoms with Crippen LogP contribution in [0.4, 0.5) is 15.8 Å². The van der Waals surface area contributed by atoms with Crippen LogP contribution in [-0.4, -0.2) is 34.2 Å². The second kappa shape index (κ2) is 9.84. The van der Waals surface area contributed by atoms with E-state index >= 15 is 0 Å². The number of carbonyl (C=O) groups is 1. The van der Waals surface area contributed by atoms with Crippen molar-refractivity contribution >= 4 is 39.1 Å². The predicted molar refractivity (Wildman–Crippen MR) is 121 cm³/mol. The van der Waals surface area contributed by atoms with Crippen molar-refractivity contribution < 1.29 is 22.3 Å². The number of hydrogen-bond acceptors (Lipinski definition) is 5. The SMILES string of the molecule is COc1cccc(NC(=O)CN(c2cccc(F)c2)S(=O)(=O)c2ccc(SC)cc2)c1. The van der Waals surface area contributed by atoms with E-state index in [1.807, 2.05) is 6.26 Å². The van der Waals surface area contributed by atoms with Crippen molar-refractivity contribution in [3.05, 3.63) is 78.6 Å². The number of benzene rings is 3. The van der Waals surface area contributed by atoms with E-state index in [0.717, 1.165) is 15.3 Å². The fourth-order valence-corrected chi connectivity index (χ4v) is 4.67. The second-order valence-corrected chi connectivity index (χ2v) is 9.19. The van der Waals surface area contributed by atoms with Gasteiger partial charge in [0.2, 0.25) is 5.91 Å². The second-order valence-electron chi connectivity index (χ2n) is 6.45. The third-order valence-electron chi connectivity index (χ3n) is 4.38. The van der Waals surface area contributed by atoms with Gasteiger partial charge in [-0.15, -0.1) is 11.8 Å². The number of hydrogen-bond donors (Lipinski definition) is 1. The number of amides is 1. The fourth-order valence-electron chi connectivity index (χ4n) is 2.85. The van der Waals surface area contributed by atoms with Crippen molar-refractivity contribution in [1.29, 1.82) is 0 Å². The maximum absolute atomic E-state index is 13.8. The van der Waals surface area contributed by atoms with Crippen LogP contribution in [0.15, 0.2) is 82.6 Å². The van der Waals surface area contributed by atoms with E-state index in [2.05, 4.69) is 5.32 Å². The van der Waals surface area contributed by atoms with E-state index in [-0.39, 0.29) is 10.6 Å².